The molecule has 3 rings (SSSR count). The molecular weight excluding hydrogens is 270 g/mol. The van der Waals surface area contributed by atoms with Gasteiger partial charge in [0.25, 0.3) is 0 Å². The van der Waals surface area contributed by atoms with E-state index < -0.39 is 0 Å². The summed E-state index contributed by atoms with van der Waals surface area (Å²) in [4.78, 5) is 2.61. The van der Waals surface area contributed by atoms with Gasteiger partial charge in [0.2, 0.25) is 0 Å². The summed E-state index contributed by atoms with van der Waals surface area (Å²) in [7, 11) is 1.78. The minimum Gasteiger partial charge on any atom is -0.496 e. The molecular formula is C20H27NO. The van der Waals surface area contributed by atoms with Crippen LogP contribution < -0.4 is 4.74 Å². The Morgan fingerprint density at radius 3 is 2.77 bits per heavy atom. The number of likely N-dealkylation sites (tertiary alicyclic amines) is 1. The first-order chi connectivity index (χ1) is 10.7. The molecule has 0 spiro atoms. The Balaban J connectivity index is 1.89. The Morgan fingerprint density at radius 2 is 2.00 bits per heavy atom. The van der Waals surface area contributed by atoms with Crippen molar-refractivity contribution in [2.45, 2.75) is 33.2 Å². The minimum absolute atomic E-state index is 0.775. The van der Waals surface area contributed by atoms with Gasteiger partial charge in [-0.3, -0.25) is 4.90 Å². The molecule has 0 bridgehead atoms. The number of fused-ring (bicyclic) bond motifs is 1. The highest BCUT2D eigenvalue weighted by Gasteiger charge is 2.23. The van der Waals surface area contributed by atoms with Crippen molar-refractivity contribution in [1.29, 1.82) is 0 Å². The fourth-order valence-corrected chi connectivity index (χ4v) is 3.67. The zero-order chi connectivity index (χ0) is 15.5. The number of ether oxygens (including phenoxy) is 1. The van der Waals surface area contributed by atoms with Crippen LogP contribution in [-0.2, 0) is 6.54 Å². The van der Waals surface area contributed by atoms with Crippen LogP contribution in [0.4, 0.5) is 0 Å². The minimum atomic E-state index is 0.775. The quantitative estimate of drug-likeness (QED) is 0.810. The van der Waals surface area contributed by atoms with Crippen LogP contribution in [0.2, 0.25) is 0 Å². The third-order valence-electron chi connectivity index (χ3n) is 5.08. The van der Waals surface area contributed by atoms with Crippen molar-refractivity contribution in [2.24, 2.45) is 11.8 Å². The van der Waals surface area contributed by atoms with Crippen LogP contribution in [-0.4, -0.2) is 25.1 Å². The first-order valence-electron chi connectivity index (χ1n) is 8.46. The topological polar surface area (TPSA) is 12.5 Å². The lowest BCUT2D eigenvalue weighted by atomic mass is 9.87. The Bertz CT molecular complexity index is 635. The summed E-state index contributed by atoms with van der Waals surface area (Å²) >= 11 is 0. The molecule has 0 aromatic heterocycles. The maximum absolute atomic E-state index is 5.64. The van der Waals surface area contributed by atoms with Gasteiger partial charge in [0.1, 0.15) is 5.75 Å². The van der Waals surface area contributed by atoms with E-state index in [1.807, 2.05) is 0 Å². The van der Waals surface area contributed by atoms with Gasteiger partial charge in [0.15, 0.2) is 0 Å². The van der Waals surface area contributed by atoms with Crippen LogP contribution in [0.25, 0.3) is 10.8 Å². The molecule has 2 heteroatoms. The van der Waals surface area contributed by atoms with Crippen molar-refractivity contribution >= 4 is 10.8 Å². The molecule has 1 heterocycles. The van der Waals surface area contributed by atoms with Gasteiger partial charge in [0, 0.05) is 18.7 Å². The molecule has 1 aliphatic rings. The first-order valence-corrected chi connectivity index (χ1v) is 8.46. The summed E-state index contributed by atoms with van der Waals surface area (Å²) in [6.45, 7) is 8.12. The van der Waals surface area contributed by atoms with Crippen molar-refractivity contribution in [2.75, 3.05) is 20.2 Å². The van der Waals surface area contributed by atoms with E-state index in [9.17, 15) is 0 Å². The van der Waals surface area contributed by atoms with Crippen molar-refractivity contribution in [3.8, 4) is 5.75 Å². The van der Waals surface area contributed by atoms with Gasteiger partial charge in [-0.15, -0.1) is 0 Å². The van der Waals surface area contributed by atoms with E-state index in [-0.39, 0.29) is 0 Å². The number of hydrogen-bond donors (Lipinski definition) is 0. The smallest absolute Gasteiger partial charge is 0.123 e. The fourth-order valence-electron chi connectivity index (χ4n) is 3.67. The predicted molar refractivity (Wildman–Crippen MR) is 93.3 cm³/mol. The molecule has 2 aromatic rings. The molecule has 1 unspecified atom stereocenters. The highest BCUT2D eigenvalue weighted by atomic mass is 16.5. The number of hydrogen-bond acceptors (Lipinski definition) is 2. The van der Waals surface area contributed by atoms with Crippen LogP contribution in [0, 0.1) is 11.8 Å². The lowest BCUT2D eigenvalue weighted by Gasteiger charge is -2.35. The lowest BCUT2D eigenvalue weighted by Crippen LogP contribution is -2.37. The van der Waals surface area contributed by atoms with Gasteiger partial charge in [-0.25, -0.2) is 0 Å². The third-order valence-corrected chi connectivity index (χ3v) is 5.08. The van der Waals surface area contributed by atoms with Gasteiger partial charge in [-0.2, -0.15) is 0 Å². The molecule has 0 radical (unpaired) electrons. The molecule has 1 aliphatic heterocycles. The highest BCUT2D eigenvalue weighted by Crippen LogP contribution is 2.31. The molecule has 1 saturated heterocycles. The average Bonchev–Trinajstić information content (AvgIpc) is 2.55. The monoisotopic (exact) mass is 297 g/mol. The second kappa shape index (κ2) is 6.70. The Morgan fingerprint density at radius 1 is 1.18 bits per heavy atom. The summed E-state index contributed by atoms with van der Waals surface area (Å²) < 4.78 is 5.64. The van der Waals surface area contributed by atoms with Crippen molar-refractivity contribution in [3.63, 3.8) is 0 Å². The maximum Gasteiger partial charge on any atom is 0.123 e. The van der Waals surface area contributed by atoms with E-state index in [1.165, 1.54) is 42.3 Å². The van der Waals surface area contributed by atoms with Crippen LogP contribution in [0.15, 0.2) is 36.4 Å². The third kappa shape index (κ3) is 3.12. The van der Waals surface area contributed by atoms with E-state index in [0.29, 0.717) is 0 Å². The average molecular weight is 297 g/mol. The normalized spacial score (nSPS) is 19.7. The molecule has 2 nitrogen and oxygen atoms in total. The molecule has 0 N–H and O–H groups in total. The summed E-state index contributed by atoms with van der Waals surface area (Å²) in [6.07, 6.45) is 2.69. The van der Waals surface area contributed by atoms with Gasteiger partial charge < -0.3 is 4.74 Å². The number of nitrogens with zero attached hydrogens (tertiary/aromatic N) is 1. The van der Waals surface area contributed by atoms with E-state index in [0.717, 1.165) is 24.1 Å². The number of rotatable bonds is 4. The van der Waals surface area contributed by atoms with Crippen molar-refractivity contribution in [3.05, 3.63) is 42.0 Å². The zero-order valence-electron chi connectivity index (χ0n) is 14.0. The van der Waals surface area contributed by atoms with Crippen molar-refractivity contribution < 1.29 is 4.74 Å². The van der Waals surface area contributed by atoms with E-state index >= 15 is 0 Å². The number of piperidine rings is 1. The molecule has 0 aliphatic carbocycles. The predicted octanol–water partition coefficient (Wildman–Crippen LogP) is 4.72. The Labute approximate surface area is 134 Å². The largest absolute Gasteiger partial charge is 0.496 e. The van der Waals surface area contributed by atoms with Crippen LogP contribution in [0.1, 0.15) is 32.3 Å². The van der Waals surface area contributed by atoms with Gasteiger partial charge in [-0.05, 0) is 48.1 Å². The van der Waals surface area contributed by atoms with Gasteiger partial charge in [0.05, 0.1) is 7.11 Å². The Kier molecular flexibility index (Phi) is 4.68. The molecule has 2 aromatic carbocycles. The van der Waals surface area contributed by atoms with Crippen LogP contribution in [0.5, 0.6) is 5.75 Å². The fraction of sp³-hybridized carbons (Fsp3) is 0.500. The standard InChI is InChI=1S/C20H27NO/c1-15(2)17-8-6-12-21(13-17)14-19-18-9-5-4-7-16(18)10-11-20(19)22-3/h4-5,7,9-11,15,17H,6,8,12-14H2,1-3H3. The number of methoxy groups -OCH3 is 1. The summed E-state index contributed by atoms with van der Waals surface area (Å²) in [6, 6.07) is 12.9. The first kappa shape index (κ1) is 15.4. The second-order valence-corrected chi connectivity index (χ2v) is 6.85. The zero-order valence-corrected chi connectivity index (χ0v) is 14.0. The van der Waals surface area contributed by atoms with Crippen LogP contribution >= 0.6 is 0 Å². The molecule has 1 fully saturated rings. The van der Waals surface area contributed by atoms with Crippen molar-refractivity contribution in [1.82, 2.24) is 4.90 Å². The van der Waals surface area contributed by atoms with Gasteiger partial charge >= 0.3 is 0 Å². The Hall–Kier alpha value is -1.54. The maximum atomic E-state index is 5.64. The highest BCUT2D eigenvalue weighted by molar-refractivity contribution is 5.87. The van der Waals surface area contributed by atoms with E-state index in [2.05, 4.69) is 55.1 Å². The molecule has 22 heavy (non-hydrogen) atoms. The summed E-state index contributed by atoms with van der Waals surface area (Å²) in [5.41, 5.74) is 1.34. The van der Waals surface area contributed by atoms with E-state index in [4.69, 9.17) is 4.74 Å². The lowest BCUT2D eigenvalue weighted by molar-refractivity contribution is 0.138. The molecule has 118 valence electrons. The summed E-state index contributed by atoms with van der Waals surface area (Å²) in [5.74, 6) is 2.62. The molecule has 0 saturated carbocycles. The van der Waals surface area contributed by atoms with Crippen LogP contribution in [0.3, 0.4) is 0 Å². The van der Waals surface area contributed by atoms with E-state index in [1.54, 1.807) is 7.11 Å². The second-order valence-electron chi connectivity index (χ2n) is 6.85. The number of benzene rings is 2. The molecule has 0 amide bonds. The van der Waals surface area contributed by atoms with Gasteiger partial charge in [-0.1, -0.05) is 44.2 Å². The molecule has 1 atom stereocenters. The SMILES string of the molecule is COc1ccc2ccccc2c1CN1CCCC(C(C)C)C1. The summed E-state index contributed by atoms with van der Waals surface area (Å²) in [5, 5.41) is 2.63.